The molecular formula is C11H14O2S. The lowest BCUT2D eigenvalue weighted by molar-refractivity contribution is -0.136. The second kappa shape index (κ2) is 5.05. The minimum absolute atomic E-state index is 0.110. The van der Waals surface area contributed by atoms with E-state index in [9.17, 15) is 4.79 Å². The van der Waals surface area contributed by atoms with E-state index in [1.54, 1.807) is 11.8 Å². The molecule has 1 aromatic rings. The molecule has 0 saturated heterocycles. The molecule has 0 bridgehead atoms. The van der Waals surface area contributed by atoms with E-state index in [0.29, 0.717) is 0 Å². The summed E-state index contributed by atoms with van der Waals surface area (Å²) in [4.78, 5) is 11.7. The monoisotopic (exact) mass is 210 g/mol. The standard InChI is InChI=1S/C11H14O2S/c1-3-14-10-5-8(2)4-9(6-10)7-11(12)13/h4-6H,3,7H2,1-2H3,(H,12,13). The average molecular weight is 210 g/mol. The van der Waals surface area contributed by atoms with Crippen molar-refractivity contribution < 1.29 is 9.90 Å². The molecule has 2 nitrogen and oxygen atoms in total. The van der Waals surface area contributed by atoms with Gasteiger partial charge in [-0.05, 0) is 35.9 Å². The van der Waals surface area contributed by atoms with Crippen molar-refractivity contribution in [1.29, 1.82) is 0 Å². The van der Waals surface area contributed by atoms with Gasteiger partial charge in [-0.1, -0.05) is 13.0 Å². The van der Waals surface area contributed by atoms with E-state index in [4.69, 9.17) is 5.11 Å². The van der Waals surface area contributed by atoms with Crippen molar-refractivity contribution in [2.24, 2.45) is 0 Å². The fourth-order valence-electron chi connectivity index (χ4n) is 1.35. The largest absolute Gasteiger partial charge is 0.481 e. The van der Waals surface area contributed by atoms with Crippen molar-refractivity contribution in [3.8, 4) is 0 Å². The third kappa shape index (κ3) is 3.42. The van der Waals surface area contributed by atoms with Gasteiger partial charge in [-0.25, -0.2) is 0 Å². The second-order valence-corrected chi connectivity index (χ2v) is 4.50. The minimum atomic E-state index is -0.775. The Balaban J connectivity index is 2.88. The van der Waals surface area contributed by atoms with Crippen LogP contribution in [-0.4, -0.2) is 16.8 Å². The van der Waals surface area contributed by atoms with Crippen LogP contribution in [0.15, 0.2) is 23.1 Å². The molecule has 14 heavy (non-hydrogen) atoms. The first-order valence-corrected chi connectivity index (χ1v) is 5.55. The molecule has 0 radical (unpaired) electrons. The molecule has 0 aliphatic heterocycles. The minimum Gasteiger partial charge on any atom is -0.481 e. The average Bonchev–Trinajstić information content (AvgIpc) is 2.01. The molecule has 1 aromatic carbocycles. The topological polar surface area (TPSA) is 37.3 Å². The molecule has 0 aromatic heterocycles. The molecule has 3 heteroatoms. The first kappa shape index (κ1) is 11.1. The van der Waals surface area contributed by atoms with Crippen molar-refractivity contribution in [1.82, 2.24) is 0 Å². The molecule has 0 saturated carbocycles. The van der Waals surface area contributed by atoms with Crippen molar-refractivity contribution in [2.75, 3.05) is 5.75 Å². The van der Waals surface area contributed by atoms with Gasteiger partial charge in [-0.3, -0.25) is 4.79 Å². The Morgan fingerprint density at radius 2 is 2.14 bits per heavy atom. The van der Waals surface area contributed by atoms with Gasteiger partial charge in [0.1, 0.15) is 0 Å². The van der Waals surface area contributed by atoms with Crippen molar-refractivity contribution in [3.05, 3.63) is 29.3 Å². The highest BCUT2D eigenvalue weighted by atomic mass is 32.2. The highest BCUT2D eigenvalue weighted by molar-refractivity contribution is 7.99. The van der Waals surface area contributed by atoms with E-state index in [0.717, 1.165) is 21.8 Å². The summed E-state index contributed by atoms with van der Waals surface area (Å²) in [6, 6.07) is 5.96. The number of benzene rings is 1. The van der Waals surface area contributed by atoms with E-state index >= 15 is 0 Å². The summed E-state index contributed by atoms with van der Waals surface area (Å²) in [5.74, 6) is 0.235. The van der Waals surface area contributed by atoms with Crippen LogP contribution in [0.5, 0.6) is 0 Å². The summed E-state index contributed by atoms with van der Waals surface area (Å²) in [6.45, 7) is 4.08. The molecule has 0 aliphatic carbocycles. The van der Waals surface area contributed by atoms with E-state index in [2.05, 4.69) is 13.0 Å². The van der Waals surface area contributed by atoms with Crippen LogP contribution in [0.1, 0.15) is 18.1 Å². The maximum absolute atomic E-state index is 10.5. The Labute approximate surface area is 88.3 Å². The van der Waals surface area contributed by atoms with Crippen LogP contribution >= 0.6 is 11.8 Å². The van der Waals surface area contributed by atoms with Crippen LogP contribution in [0.2, 0.25) is 0 Å². The zero-order chi connectivity index (χ0) is 10.6. The highest BCUT2D eigenvalue weighted by Gasteiger charge is 2.03. The van der Waals surface area contributed by atoms with Gasteiger partial charge in [-0.15, -0.1) is 11.8 Å². The molecular weight excluding hydrogens is 196 g/mol. The summed E-state index contributed by atoms with van der Waals surface area (Å²) >= 11 is 1.74. The molecule has 0 unspecified atom stereocenters. The van der Waals surface area contributed by atoms with Crippen LogP contribution in [0, 0.1) is 6.92 Å². The summed E-state index contributed by atoms with van der Waals surface area (Å²) < 4.78 is 0. The normalized spacial score (nSPS) is 10.1. The van der Waals surface area contributed by atoms with Crippen molar-refractivity contribution in [2.45, 2.75) is 25.2 Å². The van der Waals surface area contributed by atoms with Crippen LogP contribution < -0.4 is 0 Å². The highest BCUT2D eigenvalue weighted by Crippen LogP contribution is 2.21. The van der Waals surface area contributed by atoms with Crippen molar-refractivity contribution >= 4 is 17.7 Å². The number of hydrogen-bond acceptors (Lipinski definition) is 2. The predicted molar refractivity (Wildman–Crippen MR) is 58.9 cm³/mol. The van der Waals surface area contributed by atoms with Crippen LogP contribution in [0.3, 0.4) is 0 Å². The SMILES string of the molecule is CCSc1cc(C)cc(CC(=O)O)c1. The fourth-order valence-corrected chi connectivity index (χ4v) is 2.19. The number of aryl methyl sites for hydroxylation is 1. The lowest BCUT2D eigenvalue weighted by Gasteiger charge is -2.04. The van der Waals surface area contributed by atoms with Gasteiger partial charge >= 0.3 is 5.97 Å². The summed E-state index contributed by atoms with van der Waals surface area (Å²) in [7, 11) is 0. The Morgan fingerprint density at radius 1 is 1.43 bits per heavy atom. The summed E-state index contributed by atoms with van der Waals surface area (Å²) in [5.41, 5.74) is 2.01. The van der Waals surface area contributed by atoms with E-state index in [1.807, 2.05) is 19.1 Å². The number of rotatable bonds is 4. The fraction of sp³-hybridized carbons (Fsp3) is 0.364. The molecule has 0 atom stereocenters. The Kier molecular flexibility index (Phi) is 4.01. The number of thioether (sulfide) groups is 1. The molecule has 0 amide bonds. The summed E-state index contributed by atoms with van der Waals surface area (Å²) in [5, 5.41) is 8.67. The predicted octanol–water partition coefficient (Wildman–Crippen LogP) is 2.73. The third-order valence-electron chi connectivity index (χ3n) is 1.78. The zero-order valence-electron chi connectivity index (χ0n) is 8.41. The Hall–Kier alpha value is -0.960. The molecule has 76 valence electrons. The van der Waals surface area contributed by atoms with Gasteiger partial charge in [0, 0.05) is 4.90 Å². The lowest BCUT2D eigenvalue weighted by Crippen LogP contribution is -2.00. The smallest absolute Gasteiger partial charge is 0.307 e. The van der Waals surface area contributed by atoms with E-state index in [1.165, 1.54) is 0 Å². The number of aliphatic carboxylic acids is 1. The van der Waals surface area contributed by atoms with Gasteiger partial charge < -0.3 is 5.11 Å². The Bertz CT molecular complexity index is 334. The van der Waals surface area contributed by atoms with Crippen molar-refractivity contribution in [3.63, 3.8) is 0 Å². The molecule has 0 aliphatic rings. The zero-order valence-corrected chi connectivity index (χ0v) is 9.23. The molecule has 1 rings (SSSR count). The van der Waals surface area contributed by atoms with Crippen LogP contribution in [0.4, 0.5) is 0 Å². The number of carboxylic acid groups (broad SMARTS) is 1. The van der Waals surface area contributed by atoms with Crippen LogP contribution in [0.25, 0.3) is 0 Å². The number of carbonyl (C=O) groups is 1. The quantitative estimate of drug-likeness (QED) is 0.776. The summed E-state index contributed by atoms with van der Waals surface area (Å²) in [6.07, 6.45) is 0.110. The lowest BCUT2D eigenvalue weighted by atomic mass is 10.1. The van der Waals surface area contributed by atoms with Gasteiger partial charge in [0.15, 0.2) is 0 Å². The van der Waals surface area contributed by atoms with Gasteiger partial charge in [0.25, 0.3) is 0 Å². The maximum Gasteiger partial charge on any atom is 0.307 e. The second-order valence-electron chi connectivity index (χ2n) is 3.16. The van der Waals surface area contributed by atoms with E-state index < -0.39 is 5.97 Å². The van der Waals surface area contributed by atoms with Gasteiger partial charge in [-0.2, -0.15) is 0 Å². The number of hydrogen-bond donors (Lipinski definition) is 1. The van der Waals surface area contributed by atoms with Gasteiger partial charge in [0.05, 0.1) is 6.42 Å². The van der Waals surface area contributed by atoms with E-state index in [-0.39, 0.29) is 6.42 Å². The number of carboxylic acids is 1. The molecule has 0 fully saturated rings. The Morgan fingerprint density at radius 3 is 2.71 bits per heavy atom. The first-order chi connectivity index (χ1) is 6.61. The molecule has 0 heterocycles. The first-order valence-electron chi connectivity index (χ1n) is 4.57. The maximum atomic E-state index is 10.5. The third-order valence-corrected chi connectivity index (χ3v) is 2.63. The molecule has 1 N–H and O–H groups in total. The van der Waals surface area contributed by atoms with Gasteiger partial charge in [0.2, 0.25) is 0 Å². The van der Waals surface area contributed by atoms with Crippen LogP contribution in [-0.2, 0) is 11.2 Å². The molecule has 0 spiro atoms.